The van der Waals surface area contributed by atoms with Gasteiger partial charge in [-0.2, -0.15) is 0 Å². The molecule has 2 heterocycles. The average Bonchev–Trinajstić information content (AvgIpc) is 3.12. The number of aromatic nitrogens is 1. The number of nitrogens with zero attached hydrogens (tertiary/aromatic N) is 3. The number of carboxylic acids is 1. The summed E-state index contributed by atoms with van der Waals surface area (Å²) in [6.07, 6.45) is 1.52. The van der Waals surface area contributed by atoms with Crippen molar-refractivity contribution in [3.8, 4) is 0 Å². The topological polar surface area (TPSA) is 85.8 Å². The van der Waals surface area contributed by atoms with Crippen LogP contribution in [0, 0.1) is 0 Å². The fourth-order valence-electron chi connectivity index (χ4n) is 2.54. The van der Waals surface area contributed by atoms with Crippen molar-refractivity contribution >= 4 is 35.0 Å². The summed E-state index contributed by atoms with van der Waals surface area (Å²) in [7, 11) is 4.08. The molecule has 0 aromatic carbocycles. The highest BCUT2D eigenvalue weighted by Crippen LogP contribution is 2.24. The van der Waals surface area contributed by atoms with Gasteiger partial charge in [0.15, 0.2) is 10.0 Å². The van der Waals surface area contributed by atoms with Crippen LogP contribution in [0.25, 0.3) is 0 Å². The predicted octanol–water partition coefficient (Wildman–Crippen LogP) is 1.08. The lowest BCUT2D eigenvalue weighted by Crippen LogP contribution is -2.42. The lowest BCUT2D eigenvalue weighted by molar-refractivity contribution is -0.128. The molecule has 2 rings (SSSR count). The van der Waals surface area contributed by atoms with E-state index >= 15 is 0 Å². The number of likely N-dealkylation sites (tertiary alicyclic amines) is 1. The van der Waals surface area contributed by atoms with Crippen LogP contribution in [0.3, 0.4) is 0 Å². The van der Waals surface area contributed by atoms with Crippen LogP contribution in [-0.2, 0) is 4.79 Å². The Morgan fingerprint density at radius 2 is 2.38 bits per heavy atom. The first-order valence-corrected chi connectivity index (χ1v) is 9.80. The molecule has 1 aromatic heterocycles. The van der Waals surface area contributed by atoms with Gasteiger partial charge in [-0.3, -0.25) is 4.79 Å². The second kappa shape index (κ2) is 9.36. The van der Waals surface area contributed by atoms with Gasteiger partial charge >= 0.3 is 5.97 Å². The van der Waals surface area contributed by atoms with Crippen molar-refractivity contribution in [1.29, 1.82) is 0 Å². The molecular weight excluding hydrogens is 348 g/mol. The van der Waals surface area contributed by atoms with Crippen LogP contribution in [0.4, 0.5) is 0 Å². The first-order chi connectivity index (χ1) is 11.5. The molecule has 2 N–H and O–H groups in total. The van der Waals surface area contributed by atoms with Gasteiger partial charge in [-0.25, -0.2) is 9.78 Å². The number of nitrogens with one attached hydrogen (secondary N) is 1. The minimum Gasteiger partial charge on any atom is -0.476 e. The molecule has 0 radical (unpaired) electrons. The van der Waals surface area contributed by atoms with Crippen molar-refractivity contribution in [2.75, 3.05) is 46.0 Å². The Hall–Kier alpha value is -1.16. The van der Waals surface area contributed by atoms with Gasteiger partial charge in [0.05, 0.1) is 0 Å². The van der Waals surface area contributed by atoms with E-state index in [2.05, 4.69) is 15.2 Å². The summed E-state index contributed by atoms with van der Waals surface area (Å²) in [5.74, 6) is -0.0657. The molecule has 0 bridgehead atoms. The molecule has 1 saturated heterocycles. The second-order valence-corrected chi connectivity index (χ2v) is 8.14. The van der Waals surface area contributed by atoms with Gasteiger partial charge in [0.25, 0.3) is 0 Å². The minimum absolute atomic E-state index is 0.0858. The maximum absolute atomic E-state index is 12.1. The van der Waals surface area contributed by atoms with Crippen molar-refractivity contribution in [2.45, 2.75) is 23.2 Å². The van der Waals surface area contributed by atoms with E-state index in [4.69, 9.17) is 5.11 Å². The number of hydrogen-bond donors (Lipinski definition) is 2. The second-order valence-electron chi connectivity index (χ2n) is 5.94. The molecule has 24 heavy (non-hydrogen) atoms. The Morgan fingerprint density at radius 3 is 3.04 bits per heavy atom. The molecule has 1 unspecified atom stereocenters. The molecule has 0 saturated carbocycles. The van der Waals surface area contributed by atoms with Gasteiger partial charge in [-0.1, -0.05) is 11.8 Å². The number of carbonyl (C=O) groups excluding carboxylic acids is 1. The molecule has 9 heteroatoms. The Labute approximate surface area is 150 Å². The zero-order valence-electron chi connectivity index (χ0n) is 14.0. The first-order valence-electron chi connectivity index (χ1n) is 7.94. The summed E-state index contributed by atoms with van der Waals surface area (Å²) in [6.45, 7) is 3.39. The third kappa shape index (κ3) is 5.73. The molecule has 1 amide bonds. The monoisotopic (exact) mass is 372 g/mol. The van der Waals surface area contributed by atoms with Crippen LogP contribution in [0.2, 0.25) is 0 Å². The number of carbonyl (C=O) groups is 2. The molecule has 1 atom stereocenters. The molecule has 7 nitrogen and oxygen atoms in total. The summed E-state index contributed by atoms with van der Waals surface area (Å²) < 4.78 is 0.736. The molecule has 0 aliphatic carbocycles. The fourth-order valence-corrected chi connectivity index (χ4v) is 4.35. The number of hydrogen-bond acceptors (Lipinski definition) is 7. The standard InChI is InChI=1S/C15H24N4O3S2/c1-18(2)6-5-16-9-11-3-4-13(20)19(11)7-8-23-15-17-12(10-24-15)14(21)22/h10-11,16H,3-9H2,1-2H3,(H,21,22). The van der Waals surface area contributed by atoms with E-state index < -0.39 is 5.97 Å². The summed E-state index contributed by atoms with van der Waals surface area (Å²) in [5.41, 5.74) is 0.0858. The number of likely N-dealkylation sites (N-methyl/N-ethyl adjacent to an activating group) is 1. The predicted molar refractivity (Wildman–Crippen MR) is 96.0 cm³/mol. The van der Waals surface area contributed by atoms with Crippen LogP contribution in [0.1, 0.15) is 23.3 Å². The van der Waals surface area contributed by atoms with Gasteiger partial charge in [-0.05, 0) is 20.5 Å². The molecule has 1 fully saturated rings. The van der Waals surface area contributed by atoms with Crippen molar-refractivity contribution in [3.63, 3.8) is 0 Å². The lowest BCUT2D eigenvalue weighted by atomic mass is 10.2. The van der Waals surface area contributed by atoms with Crippen molar-refractivity contribution in [1.82, 2.24) is 20.1 Å². The van der Waals surface area contributed by atoms with Gasteiger partial charge in [0.2, 0.25) is 5.91 Å². The molecule has 1 aliphatic heterocycles. The van der Waals surface area contributed by atoms with Crippen LogP contribution < -0.4 is 5.32 Å². The van der Waals surface area contributed by atoms with Gasteiger partial charge in [-0.15, -0.1) is 11.3 Å². The van der Waals surface area contributed by atoms with Crippen molar-refractivity contribution in [2.24, 2.45) is 0 Å². The SMILES string of the molecule is CN(C)CCNCC1CCC(=O)N1CCSc1nc(C(=O)O)cs1. The zero-order chi connectivity index (χ0) is 17.5. The van der Waals surface area contributed by atoms with E-state index in [0.29, 0.717) is 13.0 Å². The minimum atomic E-state index is -1.00. The number of carboxylic acid groups (broad SMARTS) is 1. The number of thiazole rings is 1. The maximum atomic E-state index is 12.1. The van der Waals surface area contributed by atoms with Crippen LogP contribution in [0.15, 0.2) is 9.72 Å². The molecule has 1 aromatic rings. The first kappa shape index (κ1) is 19.2. The van der Waals surface area contributed by atoms with Gasteiger partial charge < -0.3 is 20.2 Å². The average molecular weight is 373 g/mol. The Kier molecular flexibility index (Phi) is 7.47. The number of amides is 1. The number of thioether (sulfide) groups is 1. The van der Waals surface area contributed by atoms with Crippen molar-refractivity contribution < 1.29 is 14.7 Å². The quantitative estimate of drug-likeness (QED) is 0.469. The van der Waals surface area contributed by atoms with E-state index in [9.17, 15) is 9.59 Å². The smallest absolute Gasteiger partial charge is 0.355 e. The Balaban J connectivity index is 1.74. The third-order valence-electron chi connectivity index (χ3n) is 3.83. The summed E-state index contributed by atoms with van der Waals surface area (Å²) in [4.78, 5) is 31.0. The number of aromatic carboxylic acids is 1. The van der Waals surface area contributed by atoms with E-state index in [-0.39, 0.29) is 17.6 Å². The Bertz CT molecular complexity index is 565. The zero-order valence-corrected chi connectivity index (χ0v) is 15.7. The highest BCUT2D eigenvalue weighted by atomic mass is 32.2. The molecule has 1 aliphatic rings. The number of rotatable bonds is 10. The summed E-state index contributed by atoms with van der Waals surface area (Å²) in [5, 5.41) is 13.8. The van der Waals surface area contributed by atoms with E-state index in [0.717, 1.165) is 36.1 Å². The largest absolute Gasteiger partial charge is 0.476 e. The normalized spacial score (nSPS) is 17.9. The molecule has 0 spiro atoms. The molecule has 134 valence electrons. The Morgan fingerprint density at radius 1 is 1.58 bits per heavy atom. The summed E-state index contributed by atoms with van der Waals surface area (Å²) in [6, 6.07) is 0.256. The summed E-state index contributed by atoms with van der Waals surface area (Å²) >= 11 is 2.84. The van der Waals surface area contributed by atoms with Crippen LogP contribution in [0.5, 0.6) is 0 Å². The highest BCUT2D eigenvalue weighted by Gasteiger charge is 2.30. The van der Waals surface area contributed by atoms with E-state index in [1.165, 1.54) is 23.1 Å². The fraction of sp³-hybridized carbons (Fsp3) is 0.667. The van der Waals surface area contributed by atoms with Gasteiger partial charge in [0, 0.05) is 49.8 Å². The van der Waals surface area contributed by atoms with E-state index in [1.54, 1.807) is 5.38 Å². The van der Waals surface area contributed by atoms with Gasteiger partial charge in [0.1, 0.15) is 0 Å². The van der Waals surface area contributed by atoms with Crippen LogP contribution in [-0.4, -0.2) is 83.8 Å². The third-order valence-corrected chi connectivity index (χ3v) is 5.83. The highest BCUT2D eigenvalue weighted by molar-refractivity contribution is 8.01. The van der Waals surface area contributed by atoms with Crippen molar-refractivity contribution in [3.05, 3.63) is 11.1 Å². The van der Waals surface area contributed by atoms with E-state index in [1.807, 2.05) is 19.0 Å². The van der Waals surface area contributed by atoms with Crippen LogP contribution >= 0.6 is 23.1 Å². The molecular formula is C15H24N4O3S2. The maximum Gasteiger partial charge on any atom is 0.355 e. The lowest BCUT2D eigenvalue weighted by Gasteiger charge is -2.25.